The number of aliphatic hydroxyl groups is 2. The predicted octanol–water partition coefficient (Wildman–Crippen LogP) is 20.3. The van der Waals surface area contributed by atoms with Gasteiger partial charge in [-0.05, 0) is 25.7 Å². The Labute approximate surface area is 438 Å². The Balaban J connectivity index is 3.35. The van der Waals surface area contributed by atoms with Crippen molar-refractivity contribution in [1.29, 1.82) is 0 Å². The van der Waals surface area contributed by atoms with Gasteiger partial charge in [0.2, 0.25) is 5.91 Å². The Bertz CT molecular complexity index is 1010. The molecule has 0 aliphatic rings. The summed E-state index contributed by atoms with van der Waals surface area (Å²) in [6.07, 6.45) is 71.2. The molecule has 0 aromatic carbocycles. The number of carbonyl (C=O) groups is 2. The first-order valence-corrected chi connectivity index (χ1v) is 32.3. The third-order valence-corrected chi connectivity index (χ3v) is 15.4. The summed E-state index contributed by atoms with van der Waals surface area (Å²) >= 11 is 0. The van der Waals surface area contributed by atoms with Crippen molar-refractivity contribution < 1.29 is 24.5 Å². The third-order valence-electron chi connectivity index (χ3n) is 15.4. The Morgan fingerprint density at radius 1 is 0.343 bits per heavy atom. The molecule has 0 rings (SSSR count). The van der Waals surface area contributed by atoms with E-state index in [1.807, 2.05) is 0 Å². The molecule has 6 heteroatoms. The quantitative estimate of drug-likeness (QED) is 0.0417. The summed E-state index contributed by atoms with van der Waals surface area (Å²) in [5.74, 6) is -0.0154. The van der Waals surface area contributed by atoms with Crippen molar-refractivity contribution in [2.75, 3.05) is 13.2 Å². The lowest BCUT2D eigenvalue weighted by Gasteiger charge is -2.22. The van der Waals surface area contributed by atoms with Gasteiger partial charge in [0.25, 0.3) is 0 Å². The summed E-state index contributed by atoms with van der Waals surface area (Å²) in [7, 11) is 0. The van der Waals surface area contributed by atoms with Crippen LogP contribution in [0.15, 0.2) is 0 Å². The largest absolute Gasteiger partial charge is 0.466 e. The van der Waals surface area contributed by atoms with Gasteiger partial charge in [0.15, 0.2) is 0 Å². The molecule has 0 bridgehead atoms. The lowest BCUT2D eigenvalue weighted by molar-refractivity contribution is -0.143. The van der Waals surface area contributed by atoms with Crippen LogP contribution in [0.5, 0.6) is 0 Å². The molecule has 2 atom stereocenters. The van der Waals surface area contributed by atoms with Gasteiger partial charge in [-0.25, -0.2) is 0 Å². The van der Waals surface area contributed by atoms with Crippen LogP contribution in [-0.4, -0.2) is 47.4 Å². The number of hydrogen-bond acceptors (Lipinski definition) is 5. The molecule has 0 fully saturated rings. The third kappa shape index (κ3) is 56.2. The van der Waals surface area contributed by atoms with Gasteiger partial charge in [-0.1, -0.05) is 335 Å². The smallest absolute Gasteiger partial charge is 0.305 e. The van der Waals surface area contributed by atoms with E-state index in [-0.39, 0.29) is 18.5 Å². The molecule has 0 aromatic heterocycles. The van der Waals surface area contributed by atoms with E-state index in [0.717, 1.165) is 38.5 Å². The number of hydrogen-bond donors (Lipinski definition) is 3. The fraction of sp³-hybridized carbons (Fsp3) is 0.969. The highest BCUT2D eigenvalue weighted by Gasteiger charge is 2.20. The minimum absolute atomic E-state index is 0.0172. The van der Waals surface area contributed by atoms with Crippen LogP contribution in [0.3, 0.4) is 0 Å². The Morgan fingerprint density at radius 3 is 0.871 bits per heavy atom. The van der Waals surface area contributed by atoms with Crippen molar-refractivity contribution in [1.82, 2.24) is 5.32 Å². The zero-order valence-electron chi connectivity index (χ0n) is 47.8. The van der Waals surface area contributed by atoms with Crippen molar-refractivity contribution in [3.8, 4) is 0 Å². The van der Waals surface area contributed by atoms with Crippen molar-refractivity contribution in [2.45, 2.75) is 386 Å². The monoisotopic (exact) mass is 990 g/mol. The molecule has 418 valence electrons. The number of rotatable bonds is 61. The summed E-state index contributed by atoms with van der Waals surface area (Å²) in [5, 5.41) is 23.3. The lowest BCUT2D eigenvalue weighted by Crippen LogP contribution is -2.45. The fourth-order valence-corrected chi connectivity index (χ4v) is 10.5. The van der Waals surface area contributed by atoms with Gasteiger partial charge in [-0.2, -0.15) is 0 Å². The van der Waals surface area contributed by atoms with Gasteiger partial charge >= 0.3 is 5.97 Å². The van der Waals surface area contributed by atoms with Crippen LogP contribution in [0.25, 0.3) is 0 Å². The molecule has 1 amide bonds. The zero-order valence-corrected chi connectivity index (χ0v) is 47.8. The minimum Gasteiger partial charge on any atom is -0.466 e. The molecule has 2 unspecified atom stereocenters. The zero-order chi connectivity index (χ0) is 50.7. The van der Waals surface area contributed by atoms with Crippen molar-refractivity contribution >= 4 is 11.9 Å². The van der Waals surface area contributed by atoms with Crippen LogP contribution in [0.2, 0.25) is 0 Å². The molecule has 0 aromatic rings. The summed E-state index contributed by atoms with van der Waals surface area (Å²) in [5.41, 5.74) is 0. The first-order valence-electron chi connectivity index (χ1n) is 32.3. The molecular weight excluding hydrogens is 863 g/mol. The van der Waals surface area contributed by atoms with E-state index in [1.54, 1.807) is 0 Å². The molecular formula is C64H127NO5. The van der Waals surface area contributed by atoms with Crippen LogP contribution in [0, 0.1) is 0 Å². The van der Waals surface area contributed by atoms with Gasteiger partial charge in [-0.3, -0.25) is 9.59 Å². The molecule has 0 spiro atoms. The van der Waals surface area contributed by atoms with E-state index < -0.39 is 12.1 Å². The molecule has 0 saturated heterocycles. The van der Waals surface area contributed by atoms with E-state index in [9.17, 15) is 19.8 Å². The summed E-state index contributed by atoms with van der Waals surface area (Å²) in [4.78, 5) is 24.6. The van der Waals surface area contributed by atoms with Crippen molar-refractivity contribution in [2.24, 2.45) is 0 Å². The summed E-state index contributed by atoms with van der Waals surface area (Å²) < 4.78 is 5.50. The van der Waals surface area contributed by atoms with E-state index >= 15 is 0 Å². The Hall–Kier alpha value is -1.14. The van der Waals surface area contributed by atoms with Crippen molar-refractivity contribution in [3.05, 3.63) is 0 Å². The predicted molar refractivity (Wildman–Crippen MR) is 306 cm³/mol. The number of amides is 1. The minimum atomic E-state index is -0.663. The molecule has 6 nitrogen and oxygen atoms in total. The molecule has 0 saturated carbocycles. The maximum atomic E-state index is 12.5. The maximum absolute atomic E-state index is 12.5. The van der Waals surface area contributed by atoms with Gasteiger partial charge in [0.1, 0.15) is 0 Å². The molecule has 0 aliphatic heterocycles. The first kappa shape index (κ1) is 68.9. The summed E-state index contributed by atoms with van der Waals surface area (Å²) in [6.45, 7) is 4.99. The van der Waals surface area contributed by atoms with Gasteiger partial charge in [-0.15, -0.1) is 0 Å². The molecule has 0 aliphatic carbocycles. The van der Waals surface area contributed by atoms with Crippen LogP contribution in [0.4, 0.5) is 0 Å². The van der Waals surface area contributed by atoms with E-state index in [2.05, 4.69) is 19.2 Å². The van der Waals surface area contributed by atoms with Gasteiger partial charge < -0.3 is 20.3 Å². The second-order valence-corrected chi connectivity index (χ2v) is 22.5. The second kappa shape index (κ2) is 60.4. The number of nitrogens with one attached hydrogen (secondary N) is 1. The van der Waals surface area contributed by atoms with Crippen LogP contribution >= 0.6 is 0 Å². The van der Waals surface area contributed by atoms with Gasteiger partial charge in [0.05, 0.1) is 25.4 Å². The normalized spacial score (nSPS) is 12.5. The van der Waals surface area contributed by atoms with E-state index in [4.69, 9.17) is 4.74 Å². The number of ether oxygens (including phenoxy) is 1. The highest BCUT2D eigenvalue weighted by molar-refractivity contribution is 5.76. The van der Waals surface area contributed by atoms with Crippen LogP contribution in [-0.2, 0) is 14.3 Å². The average Bonchev–Trinajstić information content (AvgIpc) is 3.36. The number of unbranched alkanes of at least 4 members (excludes halogenated alkanes) is 50. The SMILES string of the molecule is CCCCCCCCCCCCCCCCCCCC(=O)OCCCCCCCCCCCCCCCCCCCCCCCC(=O)NC(CO)C(O)CCCCCCCCCCCCCCCCC. The molecule has 70 heavy (non-hydrogen) atoms. The first-order chi connectivity index (χ1) is 34.5. The standard InChI is InChI=1S/C64H127NO5/c1-3-5-7-9-11-13-15-17-19-25-30-34-38-42-46-50-54-58-64(69)70-59-55-51-47-43-39-35-31-27-24-22-20-21-23-26-29-33-37-41-45-49-53-57-63(68)65-61(60-66)62(67)56-52-48-44-40-36-32-28-18-16-14-12-10-8-6-4-2/h61-62,66-67H,3-60H2,1-2H3,(H,65,68). The Kier molecular flexibility index (Phi) is 59.4. The van der Waals surface area contributed by atoms with E-state index in [0.29, 0.717) is 25.9 Å². The molecule has 0 radical (unpaired) electrons. The highest BCUT2D eigenvalue weighted by Crippen LogP contribution is 2.19. The molecule has 3 N–H and O–H groups in total. The Morgan fingerprint density at radius 2 is 0.586 bits per heavy atom. The average molecular weight is 991 g/mol. The van der Waals surface area contributed by atoms with E-state index in [1.165, 1.54) is 302 Å². The number of esters is 1. The lowest BCUT2D eigenvalue weighted by atomic mass is 10.0. The fourth-order valence-electron chi connectivity index (χ4n) is 10.5. The van der Waals surface area contributed by atoms with Crippen LogP contribution < -0.4 is 5.32 Å². The number of carbonyl (C=O) groups excluding carboxylic acids is 2. The summed E-state index contributed by atoms with van der Waals surface area (Å²) in [6, 6.07) is -0.541. The van der Waals surface area contributed by atoms with Crippen molar-refractivity contribution in [3.63, 3.8) is 0 Å². The topological polar surface area (TPSA) is 95.9 Å². The van der Waals surface area contributed by atoms with Gasteiger partial charge in [0, 0.05) is 12.8 Å². The highest BCUT2D eigenvalue weighted by atomic mass is 16.5. The van der Waals surface area contributed by atoms with Crippen LogP contribution in [0.1, 0.15) is 373 Å². The second-order valence-electron chi connectivity index (χ2n) is 22.5. The molecule has 0 heterocycles. The maximum Gasteiger partial charge on any atom is 0.305 e. The number of aliphatic hydroxyl groups excluding tert-OH is 2.